The lowest BCUT2D eigenvalue weighted by molar-refractivity contribution is 0.00578. The number of carbonyl (C=O) groups is 1. The van der Waals surface area contributed by atoms with Crippen LogP contribution >= 0.6 is 0 Å². The van der Waals surface area contributed by atoms with Gasteiger partial charge >= 0.3 is 13.1 Å². The van der Waals surface area contributed by atoms with E-state index in [2.05, 4.69) is 10.3 Å². The van der Waals surface area contributed by atoms with Crippen molar-refractivity contribution in [3.8, 4) is 0 Å². The summed E-state index contributed by atoms with van der Waals surface area (Å²) < 4.78 is 17.2. The summed E-state index contributed by atoms with van der Waals surface area (Å²) in [5.41, 5.74) is 1.03. The molecule has 0 spiro atoms. The maximum absolute atomic E-state index is 11.9. The van der Waals surface area contributed by atoms with Gasteiger partial charge in [-0.25, -0.2) is 9.78 Å². The van der Waals surface area contributed by atoms with Crippen LogP contribution in [-0.2, 0) is 14.0 Å². The zero-order valence-corrected chi connectivity index (χ0v) is 15.9. The number of hydrogen-bond acceptors (Lipinski definition) is 6. The Morgan fingerprint density at radius 3 is 2.48 bits per heavy atom. The molecule has 136 valence electrons. The van der Waals surface area contributed by atoms with Gasteiger partial charge in [-0.15, -0.1) is 0 Å². The third-order valence-electron chi connectivity index (χ3n) is 4.53. The first-order valence-corrected chi connectivity index (χ1v) is 8.55. The number of nitrogens with zero attached hydrogens (tertiary/aromatic N) is 1. The van der Waals surface area contributed by atoms with Crippen molar-refractivity contribution in [3.63, 3.8) is 0 Å². The summed E-state index contributed by atoms with van der Waals surface area (Å²) in [6.07, 6.45) is 1.89. The lowest BCUT2D eigenvalue weighted by atomic mass is 9.77. The van der Waals surface area contributed by atoms with Gasteiger partial charge in [-0.05, 0) is 65.3 Å². The second kappa shape index (κ2) is 7.68. The van der Waals surface area contributed by atoms with Crippen molar-refractivity contribution in [2.75, 3.05) is 20.2 Å². The molecule has 1 fully saturated rings. The van der Waals surface area contributed by atoms with Gasteiger partial charge in [-0.3, -0.25) is 0 Å². The highest BCUT2D eigenvalue weighted by molar-refractivity contribution is 6.55. The molecular weight excluding hydrogens is 319 g/mol. The number of pyridine rings is 1. The van der Waals surface area contributed by atoms with Gasteiger partial charge < -0.3 is 19.4 Å². The third kappa shape index (κ3) is 4.48. The predicted molar refractivity (Wildman–Crippen MR) is 98.2 cm³/mol. The molecule has 2 heterocycles. The van der Waals surface area contributed by atoms with E-state index in [1.54, 1.807) is 19.1 Å². The van der Waals surface area contributed by atoms with Crippen LogP contribution in [0.3, 0.4) is 0 Å². The minimum atomic E-state index is -0.467. The van der Waals surface area contributed by atoms with Crippen molar-refractivity contribution in [2.24, 2.45) is 0 Å². The minimum Gasteiger partial charge on any atom is -0.461 e. The van der Waals surface area contributed by atoms with Gasteiger partial charge in [0.05, 0.1) is 23.5 Å². The molecule has 1 aliphatic heterocycles. The predicted octanol–water partition coefficient (Wildman–Crippen LogP) is 2.49. The van der Waals surface area contributed by atoms with Gasteiger partial charge in [-0.1, -0.05) is 6.07 Å². The second-order valence-corrected chi connectivity index (χ2v) is 7.01. The smallest absolute Gasteiger partial charge is 0.461 e. The van der Waals surface area contributed by atoms with Gasteiger partial charge in [0.2, 0.25) is 0 Å². The molecule has 0 aliphatic carbocycles. The Labute approximate surface area is 150 Å². The van der Waals surface area contributed by atoms with Crippen molar-refractivity contribution in [1.29, 1.82) is 0 Å². The highest BCUT2D eigenvalue weighted by Crippen LogP contribution is 2.38. The van der Waals surface area contributed by atoms with Crippen molar-refractivity contribution in [3.05, 3.63) is 35.1 Å². The SMILES string of the molecule is CCOC(=O)c1cccc(C=C(CNC)B2OC(C)(C)C(C)(C)O2)n1. The van der Waals surface area contributed by atoms with Crippen LogP contribution in [0, 0.1) is 0 Å². The standard InChI is InChI=1S/C18H27BN2O4/c1-7-23-16(22)15-10-8-9-14(21-15)11-13(12-20-6)19-24-17(2,3)18(4,5)25-19/h8-11,20H,7,12H2,1-6H3. The molecule has 1 aromatic rings. The summed E-state index contributed by atoms with van der Waals surface area (Å²) in [5.74, 6) is -0.427. The highest BCUT2D eigenvalue weighted by Gasteiger charge is 2.52. The summed E-state index contributed by atoms with van der Waals surface area (Å²) >= 11 is 0. The van der Waals surface area contributed by atoms with Crippen LogP contribution in [0.15, 0.2) is 23.7 Å². The summed E-state index contributed by atoms with van der Waals surface area (Å²) in [4.78, 5) is 16.2. The molecule has 6 nitrogen and oxygen atoms in total. The van der Waals surface area contributed by atoms with E-state index >= 15 is 0 Å². The van der Waals surface area contributed by atoms with Crippen molar-refractivity contribution < 1.29 is 18.8 Å². The number of hydrogen-bond donors (Lipinski definition) is 1. The average molecular weight is 346 g/mol. The van der Waals surface area contributed by atoms with E-state index in [9.17, 15) is 4.79 Å². The molecule has 0 radical (unpaired) electrons. The topological polar surface area (TPSA) is 69.7 Å². The molecule has 1 saturated heterocycles. The molecule has 0 atom stereocenters. The lowest BCUT2D eigenvalue weighted by Crippen LogP contribution is -2.41. The monoisotopic (exact) mass is 346 g/mol. The van der Waals surface area contributed by atoms with Crippen molar-refractivity contribution in [1.82, 2.24) is 10.3 Å². The molecule has 2 rings (SSSR count). The molecule has 0 saturated carbocycles. The second-order valence-electron chi connectivity index (χ2n) is 7.01. The normalized spacial score (nSPS) is 19.1. The van der Waals surface area contributed by atoms with E-state index < -0.39 is 24.3 Å². The van der Waals surface area contributed by atoms with Crippen LogP contribution in [0.4, 0.5) is 0 Å². The summed E-state index contributed by atoms with van der Waals surface area (Å²) in [6, 6.07) is 5.26. The van der Waals surface area contributed by atoms with Gasteiger partial charge in [0.1, 0.15) is 5.69 Å². The quantitative estimate of drug-likeness (QED) is 0.630. The zero-order chi connectivity index (χ0) is 18.7. The molecule has 0 unspecified atom stereocenters. The Kier molecular flexibility index (Phi) is 6.03. The van der Waals surface area contributed by atoms with E-state index in [0.29, 0.717) is 18.8 Å². The fourth-order valence-corrected chi connectivity index (χ4v) is 2.44. The Hall–Kier alpha value is -1.70. The molecule has 0 aromatic carbocycles. The Bertz CT molecular complexity index is 642. The van der Waals surface area contributed by atoms with Crippen LogP contribution in [0.2, 0.25) is 0 Å². The largest absolute Gasteiger partial charge is 0.491 e. The molecule has 0 bridgehead atoms. The minimum absolute atomic E-state index is 0.285. The van der Waals surface area contributed by atoms with Crippen molar-refractivity contribution in [2.45, 2.75) is 45.8 Å². The average Bonchev–Trinajstić information content (AvgIpc) is 2.75. The Morgan fingerprint density at radius 1 is 1.28 bits per heavy atom. The number of likely N-dealkylation sites (N-methyl/N-ethyl adjacent to an activating group) is 1. The Balaban J connectivity index is 2.29. The fourth-order valence-electron chi connectivity index (χ4n) is 2.44. The third-order valence-corrected chi connectivity index (χ3v) is 4.53. The molecule has 7 heteroatoms. The first kappa shape index (κ1) is 19.6. The first-order chi connectivity index (χ1) is 11.7. The molecule has 1 N–H and O–H groups in total. The van der Waals surface area contributed by atoms with Gasteiger partial charge in [-0.2, -0.15) is 0 Å². The van der Waals surface area contributed by atoms with Crippen LogP contribution in [0.25, 0.3) is 6.08 Å². The summed E-state index contributed by atoms with van der Waals surface area (Å²) in [6.45, 7) is 10.7. The number of rotatable bonds is 6. The van der Waals surface area contributed by atoms with Crippen LogP contribution < -0.4 is 5.32 Å². The first-order valence-electron chi connectivity index (χ1n) is 8.55. The zero-order valence-electron chi connectivity index (χ0n) is 15.9. The lowest BCUT2D eigenvalue weighted by Gasteiger charge is -2.32. The molecule has 1 aliphatic rings. The van der Waals surface area contributed by atoms with Gasteiger partial charge in [0.15, 0.2) is 0 Å². The molecule has 1 aromatic heterocycles. The van der Waals surface area contributed by atoms with Gasteiger partial charge in [0.25, 0.3) is 0 Å². The fraction of sp³-hybridized carbons (Fsp3) is 0.556. The van der Waals surface area contributed by atoms with E-state index in [1.165, 1.54) is 0 Å². The maximum Gasteiger partial charge on any atom is 0.491 e. The number of aromatic nitrogens is 1. The van der Waals surface area contributed by atoms with E-state index in [4.69, 9.17) is 14.0 Å². The van der Waals surface area contributed by atoms with Crippen LogP contribution in [-0.4, -0.2) is 49.5 Å². The van der Waals surface area contributed by atoms with Gasteiger partial charge in [0, 0.05) is 6.54 Å². The number of esters is 1. The van der Waals surface area contributed by atoms with Crippen LogP contribution in [0.1, 0.15) is 50.8 Å². The van der Waals surface area contributed by atoms with E-state index in [1.807, 2.05) is 46.9 Å². The Morgan fingerprint density at radius 2 is 1.92 bits per heavy atom. The maximum atomic E-state index is 11.9. The molecular formula is C18H27BN2O4. The summed E-state index contributed by atoms with van der Waals surface area (Å²) in [5, 5.41) is 3.13. The highest BCUT2D eigenvalue weighted by atomic mass is 16.7. The van der Waals surface area contributed by atoms with E-state index in [-0.39, 0.29) is 5.69 Å². The van der Waals surface area contributed by atoms with Crippen molar-refractivity contribution >= 4 is 19.2 Å². The molecule has 25 heavy (non-hydrogen) atoms. The summed E-state index contributed by atoms with van der Waals surface area (Å²) in [7, 11) is 1.40. The number of nitrogens with one attached hydrogen (secondary N) is 1. The number of ether oxygens (including phenoxy) is 1. The van der Waals surface area contributed by atoms with Crippen LogP contribution in [0.5, 0.6) is 0 Å². The number of carbonyl (C=O) groups excluding carboxylic acids is 1. The molecule has 0 amide bonds. The van der Waals surface area contributed by atoms with E-state index in [0.717, 1.165) is 5.47 Å².